The molecule has 6 nitrogen and oxygen atoms in total. The highest BCUT2D eigenvalue weighted by Crippen LogP contribution is 2.27. The SMILES string of the molecule is CCCC[C@@](C)(OCC)C(=O)Nc1ccc(O[C@@H](C)CC)c(C(=O)OCC)c1. The van der Waals surface area contributed by atoms with E-state index in [0.29, 0.717) is 30.0 Å². The van der Waals surface area contributed by atoms with Crippen LogP contribution in [-0.4, -0.2) is 36.8 Å². The van der Waals surface area contributed by atoms with Gasteiger partial charge in [-0.3, -0.25) is 4.79 Å². The average molecular weight is 394 g/mol. The van der Waals surface area contributed by atoms with Crippen molar-refractivity contribution in [3.63, 3.8) is 0 Å². The van der Waals surface area contributed by atoms with Crippen LogP contribution in [0.15, 0.2) is 18.2 Å². The van der Waals surface area contributed by atoms with Crippen LogP contribution in [0.4, 0.5) is 5.69 Å². The lowest BCUT2D eigenvalue weighted by atomic mass is 9.97. The minimum Gasteiger partial charge on any atom is -0.490 e. The molecule has 1 aromatic carbocycles. The number of esters is 1. The van der Waals surface area contributed by atoms with Gasteiger partial charge in [0.25, 0.3) is 5.91 Å². The standard InChI is InChI=1S/C22H35NO5/c1-7-11-14-22(6,27-10-4)21(25)23-17-12-13-19(28-16(5)8-2)18(15-17)20(24)26-9-3/h12-13,15-16H,7-11,14H2,1-6H3,(H,23,25)/t16-,22+/m0/s1. The monoisotopic (exact) mass is 393 g/mol. The zero-order valence-electron chi connectivity index (χ0n) is 18.1. The Bertz CT molecular complexity index is 646. The van der Waals surface area contributed by atoms with Crippen LogP contribution in [0, 0.1) is 0 Å². The fourth-order valence-electron chi connectivity index (χ4n) is 2.73. The molecule has 0 aliphatic rings. The van der Waals surface area contributed by atoms with Crippen LogP contribution in [0.3, 0.4) is 0 Å². The molecule has 1 N–H and O–H groups in total. The van der Waals surface area contributed by atoms with Gasteiger partial charge in [0.1, 0.15) is 16.9 Å². The van der Waals surface area contributed by atoms with Crippen molar-refractivity contribution in [1.29, 1.82) is 0 Å². The number of carbonyl (C=O) groups excluding carboxylic acids is 2. The van der Waals surface area contributed by atoms with E-state index in [9.17, 15) is 9.59 Å². The van der Waals surface area contributed by atoms with E-state index in [1.807, 2.05) is 20.8 Å². The van der Waals surface area contributed by atoms with Gasteiger partial charge in [0.2, 0.25) is 0 Å². The van der Waals surface area contributed by atoms with Gasteiger partial charge in [-0.2, -0.15) is 0 Å². The van der Waals surface area contributed by atoms with Gasteiger partial charge in [0.05, 0.1) is 12.7 Å². The molecule has 0 aliphatic heterocycles. The third-order valence-electron chi connectivity index (χ3n) is 4.59. The van der Waals surface area contributed by atoms with E-state index in [0.717, 1.165) is 19.3 Å². The number of hydrogen-bond donors (Lipinski definition) is 1. The van der Waals surface area contributed by atoms with E-state index in [1.165, 1.54) is 0 Å². The maximum Gasteiger partial charge on any atom is 0.341 e. The van der Waals surface area contributed by atoms with Gasteiger partial charge < -0.3 is 19.5 Å². The lowest BCUT2D eigenvalue weighted by Gasteiger charge is -2.28. The minimum absolute atomic E-state index is 0.0380. The van der Waals surface area contributed by atoms with Crippen LogP contribution in [0.1, 0.15) is 77.6 Å². The molecule has 0 radical (unpaired) electrons. The first-order valence-corrected chi connectivity index (χ1v) is 10.2. The maximum absolute atomic E-state index is 12.9. The van der Waals surface area contributed by atoms with Gasteiger partial charge in [-0.1, -0.05) is 26.7 Å². The Balaban J connectivity index is 3.11. The second-order valence-corrected chi connectivity index (χ2v) is 6.99. The zero-order chi connectivity index (χ0) is 21.2. The first kappa shape index (κ1) is 24.0. The molecule has 2 atom stereocenters. The van der Waals surface area contributed by atoms with Gasteiger partial charge in [-0.15, -0.1) is 0 Å². The molecule has 6 heteroatoms. The Labute approximate surface area is 168 Å². The molecule has 1 rings (SSSR count). The summed E-state index contributed by atoms with van der Waals surface area (Å²) in [6.45, 7) is 12.2. The largest absolute Gasteiger partial charge is 0.490 e. The molecule has 0 spiro atoms. The molecule has 0 heterocycles. The topological polar surface area (TPSA) is 73.9 Å². The van der Waals surface area contributed by atoms with Crippen molar-refractivity contribution in [3.05, 3.63) is 23.8 Å². The third kappa shape index (κ3) is 6.82. The van der Waals surface area contributed by atoms with Crippen LogP contribution < -0.4 is 10.1 Å². The fourth-order valence-corrected chi connectivity index (χ4v) is 2.73. The van der Waals surface area contributed by atoms with Crippen molar-refractivity contribution in [2.45, 2.75) is 78.9 Å². The minimum atomic E-state index is -0.916. The van der Waals surface area contributed by atoms with Crippen molar-refractivity contribution in [2.75, 3.05) is 18.5 Å². The summed E-state index contributed by atoms with van der Waals surface area (Å²) in [6, 6.07) is 5.02. The Hall–Kier alpha value is -2.08. The van der Waals surface area contributed by atoms with Gasteiger partial charge in [-0.05, 0) is 58.7 Å². The number of unbranched alkanes of at least 4 members (excludes halogenated alkanes) is 1. The third-order valence-corrected chi connectivity index (χ3v) is 4.59. The number of anilines is 1. The van der Waals surface area contributed by atoms with Crippen LogP contribution in [0.2, 0.25) is 0 Å². The van der Waals surface area contributed by atoms with Crippen LogP contribution >= 0.6 is 0 Å². The molecule has 0 aromatic heterocycles. The number of amides is 1. The highest BCUT2D eigenvalue weighted by atomic mass is 16.5. The molecule has 0 saturated heterocycles. The summed E-state index contributed by atoms with van der Waals surface area (Å²) < 4.78 is 16.7. The fraction of sp³-hybridized carbons (Fsp3) is 0.636. The van der Waals surface area contributed by atoms with E-state index in [1.54, 1.807) is 32.0 Å². The molecule has 1 amide bonds. The first-order valence-electron chi connectivity index (χ1n) is 10.2. The number of carbonyl (C=O) groups is 2. The Morgan fingerprint density at radius 3 is 2.43 bits per heavy atom. The van der Waals surface area contributed by atoms with Gasteiger partial charge in [-0.25, -0.2) is 4.79 Å². The van der Waals surface area contributed by atoms with Gasteiger partial charge in [0, 0.05) is 12.3 Å². The molecular formula is C22H35NO5. The van der Waals surface area contributed by atoms with Crippen LogP contribution in [0.5, 0.6) is 5.75 Å². The summed E-state index contributed by atoms with van der Waals surface area (Å²) in [5, 5.41) is 2.88. The van der Waals surface area contributed by atoms with E-state index in [2.05, 4.69) is 12.2 Å². The van der Waals surface area contributed by atoms with Gasteiger partial charge >= 0.3 is 5.97 Å². The molecular weight excluding hydrogens is 358 g/mol. The number of rotatable bonds is 12. The Kier molecular flexibility index (Phi) is 10.0. The summed E-state index contributed by atoms with van der Waals surface area (Å²) in [5.41, 5.74) is -0.112. The smallest absolute Gasteiger partial charge is 0.341 e. The van der Waals surface area contributed by atoms with Crippen molar-refractivity contribution in [1.82, 2.24) is 0 Å². The predicted octanol–water partition coefficient (Wildman–Crippen LogP) is 4.96. The molecule has 0 fully saturated rings. The van der Waals surface area contributed by atoms with Gasteiger partial charge in [0.15, 0.2) is 0 Å². The second-order valence-electron chi connectivity index (χ2n) is 6.99. The highest BCUT2D eigenvalue weighted by molar-refractivity contribution is 5.99. The summed E-state index contributed by atoms with van der Waals surface area (Å²) in [5.74, 6) is -0.256. The number of benzene rings is 1. The first-order chi connectivity index (χ1) is 13.3. The average Bonchev–Trinajstić information content (AvgIpc) is 2.67. The molecule has 0 bridgehead atoms. The Morgan fingerprint density at radius 1 is 1.14 bits per heavy atom. The lowest BCUT2D eigenvalue weighted by Crippen LogP contribution is -2.42. The summed E-state index contributed by atoms with van der Waals surface area (Å²) >= 11 is 0. The van der Waals surface area contributed by atoms with Crippen LogP contribution in [0.25, 0.3) is 0 Å². The second kappa shape index (κ2) is 11.7. The number of hydrogen-bond acceptors (Lipinski definition) is 5. The van der Waals surface area contributed by atoms with E-state index < -0.39 is 11.6 Å². The predicted molar refractivity (Wildman–Crippen MR) is 111 cm³/mol. The van der Waals surface area contributed by atoms with E-state index in [4.69, 9.17) is 14.2 Å². The highest BCUT2D eigenvalue weighted by Gasteiger charge is 2.33. The van der Waals surface area contributed by atoms with Crippen molar-refractivity contribution < 1.29 is 23.8 Å². The molecule has 0 aliphatic carbocycles. The maximum atomic E-state index is 12.9. The molecule has 0 unspecified atom stereocenters. The van der Waals surface area contributed by atoms with Crippen LogP contribution in [-0.2, 0) is 14.3 Å². The summed E-state index contributed by atoms with van der Waals surface area (Å²) in [4.78, 5) is 25.2. The van der Waals surface area contributed by atoms with E-state index >= 15 is 0 Å². The lowest BCUT2D eigenvalue weighted by molar-refractivity contribution is -0.139. The van der Waals surface area contributed by atoms with Crippen molar-refractivity contribution >= 4 is 17.6 Å². The molecule has 1 aromatic rings. The normalized spacial score (nSPS) is 14.1. The summed E-state index contributed by atoms with van der Waals surface area (Å²) in [6.07, 6.45) is 3.27. The van der Waals surface area contributed by atoms with E-state index in [-0.39, 0.29) is 18.6 Å². The number of ether oxygens (including phenoxy) is 3. The molecule has 28 heavy (non-hydrogen) atoms. The zero-order valence-corrected chi connectivity index (χ0v) is 18.1. The molecule has 158 valence electrons. The van der Waals surface area contributed by atoms with Crippen molar-refractivity contribution in [3.8, 4) is 5.75 Å². The quantitative estimate of drug-likeness (QED) is 0.508. The van der Waals surface area contributed by atoms with Crippen molar-refractivity contribution in [2.24, 2.45) is 0 Å². The summed E-state index contributed by atoms with van der Waals surface area (Å²) in [7, 11) is 0. The number of nitrogens with one attached hydrogen (secondary N) is 1. The molecule has 0 saturated carbocycles. The Morgan fingerprint density at radius 2 is 1.86 bits per heavy atom.